The van der Waals surface area contributed by atoms with Crippen LogP contribution in [0.2, 0.25) is 0 Å². The lowest BCUT2D eigenvalue weighted by atomic mass is 10.1. The van der Waals surface area contributed by atoms with E-state index in [-0.39, 0.29) is 24.7 Å². The molecule has 0 fully saturated rings. The van der Waals surface area contributed by atoms with Crippen molar-refractivity contribution in [1.82, 2.24) is 9.88 Å². The highest BCUT2D eigenvalue weighted by Crippen LogP contribution is 2.32. The summed E-state index contributed by atoms with van der Waals surface area (Å²) in [5, 5.41) is 3.53. The van der Waals surface area contributed by atoms with Crippen LogP contribution in [0.4, 0.5) is 0 Å². The maximum Gasteiger partial charge on any atom is 0.239 e. The first-order valence-corrected chi connectivity index (χ1v) is 8.44. The lowest BCUT2D eigenvalue weighted by Gasteiger charge is -2.11. The molecule has 1 aliphatic heterocycles. The number of nitrogens with zero attached hydrogens (tertiary/aromatic N) is 1. The van der Waals surface area contributed by atoms with Gasteiger partial charge < -0.3 is 19.4 Å². The van der Waals surface area contributed by atoms with Crippen LogP contribution in [-0.2, 0) is 17.8 Å². The highest BCUT2D eigenvalue weighted by molar-refractivity contribution is 5.82. The minimum absolute atomic E-state index is 0.0416. The summed E-state index contributed by atoms with van der Waals surface area (Å²) in [5.41, 5.74) is 1.79. The molecule has 26 heavy (non-hydrogen) atoms. The molecule has 0 saturated heterocycles. The number of fused-ring (bicyclic) bond motifs is 2. The first kappa shape index (κ1) is 16.2. The van der Waals surface area contributed by atoms with E-state index in [4.69, 9.17) is 9.47 Å². The summed E-state index contributed by atoms with van der Waals surface area (Å²) in [6.07, 6.45) is 2.36. The van der Waals surface area contributed by atoms with Crippen LogP contribution in [-0.4, -0.2) is 23.8 Å². The zero-order chi connectivity index (χ0) is 17.9. The van der Waals surface area contributed by atoms with Gasteiger partial charge in [0.15, 0.2) is 16.9 Å². The van der Waals surface area contributed by atoms with E-state index in [1.165, 1.54) is 6.07 Å². The van der Waals surface area contributed by atoms with Crippen LogP contribution < -0.4 is 20.2 Å². The maximum absolute atomic E-state index is 12.3. The van der Waals surface area contributed by atoms with Gasteiger partial charge in [-0.05, 0) is 36.2 Å². The summed E-state index contributed by atoms with van der Waals surface area (Å²) < 4.78 is 12.4. The second kappa shape index (κ2) is 6.92. The quantitative estimate of drug-likeness (QED) is 0.765. The molecule has 3 aromatic rings. The highest BCUT2D eigenvalue weighted by atomic mass is 16.7. The third kappa shape index (κ3) is 3.26. The number of hydrogen-bond acceptors (Lipinski definition) is 4. The average Bonchev–Trinajstić information content (AvgIpc) is 3.12. The molecule has 4 rings (SSSR count). The van der Waals surface area contributed by atoms with E-state index >= 15 is 0 Å². The topological polar surface area (TPSA) is 69.6 Å². The standard InChI is InChI=1S/C20H18N2O4/c23-17-8-10-22(16-4-2-1-3-15(16)17)12-20(24)21-9-7-14-5-6-18-19(11-14)26-13-25-18/h1-6,8,10-11H,7,9,12-13H2,(H,21,24). The van der Waals surface area contributed by atoms with Crippen LogP contribution >= 0.6 is 0 Å². The molecule has 6 nitrogen and oxygen atoms in total. The number of carbonyl (C=O) groups is 1. The Morgan fingerprint density at radius 1 is 1.08 bits per heavy atom. The Morgan fingerprint density at radius 3 is 2.85 bits per heavy atom. The van der Waals surface area contributed by atoms with E-state index in [0.29, 0.717) is 18.4 Å². The highest BCUT2D eigenvalue weighted by Gasteiger charge is 2.13. The van der Waals surface area contributed by atoms with E-state index < -0.39 is 0 Å². The SMILES string of the molecule is O=C(Cn1ccc(=O)c2ccccc21)NCCc1ccc2c(c1)OCO2. The van der Waals surface area contributed by atoms with Gasteiger partial charge in [0.2, 0.25) is 12.7 Å². The van der Waals surface area contributed by atoms with Crippen LogP contribution in [0.25, 0.3) is 10.9 Å². The van der Waals surface area contributed by atoms with Gasteiger partial charge >= 0.3 is 0 Å². The van der Waals surface area contributed by atoms with Gasteiger partial charge in [-0.1, -0.05) is 18.2 Å². The number of para-hydroxylation sites is 1. The van der Waals surface area contributed by atoms with Crippen LogP contribution in [0.5, 0.6) is 11.5 Å². The van der Waals surface area contributed by atoms with Crippen LogP contribution in [0.15, 0.2) is 59.5 Å². The number of rotatable bonds is 5. The summed E-state index contributed by atoms with van der Waals surface area (Å²) >= 11 is 0. The molecule has 2 heterocycles. The largest absolute Gasteiger partial charge is 0.454 e. The number of pyridine rings is 1. The van der Waals surface area contributed by atoms with Crippen molar-refractivity contribution in [3.63, 3.8) is 0 Å². The van der Waals surface area contributed by atoms with Gasteiger partial charge in [0.1, 0.15) is 6.54 Å². The Morgan fingerprint density at radius 2 is 1.92 bits per heavy atom. The number of amides is 1. The van der Waals surface area contributed by atoms with Gasteiger partial charge in [0.05, 0.1) is 5.52 Å². The Kier molecular flexibility index (Phi) is 4.31. The molecule has 2 aromatic carbocycles. The third-order valence-electron chi connectivity index (χ3n) is 4.37. The molecule has 0 radical (unpaired) electrons. The molecule has 0 aliphatic carbocycles. The van der Waals surface area contributed by atoms with Gasteiger partial charge in [-0.3, -0.25) is 9.59 Å². The lowest BCUT2D eigenvalue weighted by Crippen LogP contribution is -2.29. The third-order valence-corrected chi connectivity index (χ3v) is 4.37. The van der Waals surface area contributed by atoms with Crippen molar-refractivity contribution in [2.45, 2.75) is 13.0 Å². The van der Waals surface area contributed by atoms with Crippen molar-refractivity contribution in [3.8, 4) is 11.5 Å². The first-order valence-electron chi connectivity index (χ1n) is 8.44. The van der Waals surface area contributed by atoms with E-state index in [1.807, 2.05) is 36.4 Å². The fraction of sp³-hybridized carbons (Fsp3) is 0.200. The molecule has 1 aliphatic rings. The lowest BCUT2D eigenvalue weighted by molar-refractivity contribution is -0.121. The summed E-state index contributed by atoms with van der Waals surface area (Å²) in [4.78, 5) is 24.2. The fourth-order valence-corrected chi connectivity index (χ4v) is 3.05. The van der Waals surface area contributed by atoms with Gasteiger partial charge in [-0.25, -0.2) is 0 Å². The van der Waals surface area contributed by atoms with Crippen molar-refractivity contribution >= 4 is 16.8 Å². The van der Waals surface area contributed by atoms with Crippen molar-refractivity contribution in [2.75, 3.05) is 13.3 Å². The number of ether oxygens (including phenoxy) is 2. The van der Waals surface area contributed by atoms with E-state index in [1.54, 1.807) is 16.8 Å². The van der Waals surface area contributed by atoms with Gasteiger partial charge in [0, 0.05) is 24.2 Å². The monoisotopic (exact) mass is 350 g/mol. The molecular formula is C20H18N2O4. The Bertz CT molecular complexity index is 1030. The number of hydrogen-bond donors (Lipinski definition) is 1. The average molecular weight is 350 g/mol. The van der Waals surface area contributed by atoms with Crippen LogP contribution in [0.1, 0.15) is 5.56 Å². The van der Waals surface area contributed by atoms with E-state index in [0.717, 1.165) is 22.6 Å². The predicted octanol–water partition coefficient (Wildman–Crippen LogP) is 2.09. The van der Waals surface area contributed by atoms with E-state index in [2.05, 4.69) is 5.32 Å². The smallest absolute Gasteiger partial charge is 0.239 e. The molecule has 0 atom stereocenters. The van der Waals surface area contributed by atoms with Gasteiger partial charge in [-0.2, -0.15) is 0 Å². The summed E-state index contributed by atoms with van der Waals surface area (Å²) in [5.74, 6) is 1.40. The second-order valence-corrected chi connectivity index (χ2v) is 6.11. The van der Waals surface area contributed by atoms with Crippen LogP contribution in [0.3, 0.4) is 0 Å². The van der Waals surface area contributed by atoms with E-state index in [9.17, 15) is 9.59 Å². The minimum atomic E-state index is -0.0976. The molecule has 1 aromatic heterocycles. The summed E-state index contributed by atoms with van der Waals surface area (Å²) in [6.45, 7) is 0.946. The number of aromatic nitrogens is 1. The summed E-state index contributed by atoms with van der Waals surface area (Å²) in [7, 11) is 0. The molecule has 6 heteroatoms. The maximum atomic E-state index is 12.3. The Labute approximate surface area is 150 Å². The molecule has 0 saturated carbocycles. The second-order valence-electron chi connectivity index (χ2n) is 6.11. The zero-order valence-corrected chi connectivity index (χ0v) is 14.1. The van der Waals surface area contributed by atoms with Gasteiger partial charge in [0.25, 0.3) is 0 Å². The van der Waals surface area contributed by atoms with Crippen molar-refractivity contribution in [1.29, 1.82) is 0 Å². The fourth-order valence-electron chi connectivity index (χ4n) is 3.05. The van der Waals surface area contributed by atoms with Gasteiger partial charge in [-0.15, -0.1) is 0 Å². The Balaban J connectivity index is 1.37. The van der Waals surface area contributed by atoms with Crippen molar-refractivity contribution in [2.24, 2.45) is 0 Å². The first-order chi connectivity index (χ1) is 12.7. The van der Waals surface area contributed by atoms with Crippen LogP contribution in [0, 0.1) is 0 Å². The molecule has 0 bridgehead atoms. The zero-order valence-electron chi connectivity index (χ0n) is 14.1. The molecule has 132 valence electrons. The van der Waals surface area contributed by atoms with Crippen molar-refractivity contribution in [3.05, 3.63) is 70.5 Å². The van der Waals surface area contributed by atoms with Crippen molar-refractivity contribution < 1.29 is 14.3 Å². The molecular weight excluding hydrogens is 332 g/mol. The summed E-state index contributed by atoms with van der Waals surface area (Å²) in [6, 6.07) is 14.6. The molecule has 0 unspecified atom stereocenters. The predicted molar refractivity (Wildman–Crippen MR) is 97.5 cm³/mol. The number of carbonyl (C=O) groups excluding carboxylic acids is 1. The number of nitrogens with one attached hydrogen (secondary N) is 1. The minimum Gasteiger partial charge on any atom is -0.454 e. The molecule has 1 amide bonds. The molecule has 0 spiro atoms. The molecule has 1 N–H and O–H groups in total. The Hall–Kier alpha value is -3.28. The normalized spacial score (nSPS) is 12.3. The number of benzene rings is 2.